The summed E-state index contributed by atoms with van der Waals surface area (Å²) in [6, 6.07) is 3.71. The Morgan fingerprint density at radius 2 is 2.19 bits per heavy atom. The van der Waals surface area contributed by atoms with E-state index in [2.05, 4.69) is 31.1 Å². The van der Waals surface area contributed by atoms with Crippen molar-refractivity contribution in [1.29, 1.82) is 0 Å². The minimum atomic E-state index is -0.388. The van der Waals surface area contributed by atoms with E-state index in [0.717, 1.165) is 17.3 Å². The highest BCUT2D eigenvalue weighted by Crippen LogP contribution is 2.41. The van der Waals surface area contributed by atoms with Crippen LogP contribution in [0.5, 0.6) is 0 Å². The zero-order chi connectivity index (χ0) is 11.2. The first-order valence-electron chi connectivity index (χ1n) is 4.92. The maximum atomic E-state index is 5.96. The van der Waals surface area contributed by atoms with Crippen LogP contribution in [0.4, 0.5) is 0 Å². The van der Waals surface area contributed by atoms with Crippen molar-refractivity contribution in [2.45, 2.75) is 18.4 Å². The summed E-state index contributed by atoms with van der Waals surface area (Å²) >= 11 is 3.32. The topological polar surface area (TPSA) is 77.8 Å². The second-order valence-electron chi connectivity index (χ2n) is 3.94. The normalized spacial score (nSPS) is 17.4. The molecule has 2 heterocycles. The van der Waals surface area contributed by atoms with Crippen molar-refractivity contribution in [2.24, 2.45) is 5.73 Å². The number of halogens is 1. The Labute approximate surface area is 100 Å². The van der Waals surface area contributed by atoms with Gasteiger partial charge in [0.2, 0.25) is 11.7 Å². The van der Waals surface area contributed by atoms with Crippen molar-refractivity contribution >= 4 is 15.9 Å². The molecule has 5 nitrogen and oxygen atoms in total. The van der Waals surface area contributed by atoms with Crippen LogP contribution in [-0.4, -0.2) is 15.1 Å². The molecule has 2 aromatic heterocycles. The average molecular weight is 281 g/mol. The fourth-order valence-corrected chi connectivity index (χ4v) is 1.62. The summed E-state index contributed by atoms with van der Waals surface area (Å²) in [4.78, 5) is 8.45. The summed E-state index contributed by atoms with van der Waals surface area (Å²) in [5, 5.41) is 3.88. The smallest absolute Gasteiger partial charge is 0.247 e. The Morgan fingerprint density at radius 3 is 2.81 bits per heavy atom. The van der Waals surface area contributed by atoms with Crippen LogP contribution in [0.3, 0.4) is 0 Å². The summed E-state index contributed by atoms with van der Waals surface area (Å²) in [5.41, 5.74) is 6.25. The molecule has 0 saturated heterocycles. The van der Waals surface area contributed by atoms with Crippen molar-refractivity contribution < 1.29 is 4.52 Å². The molecule has 0 amide bonds. The summed E-state index contributed by atoms with van der Waals surface area (Å²) in [7, 11) is 0. The fraction of sp³-hybridized carbons (Fsp3) is 0.300. The van der Waals surface area contributed by atoms with Gasteiger partial charge in [0.05, 0.1) is 5.54 Å². The van der Waals surface area contributed by atoms with Gasteiger partial charge in [-0.25, -0.2) is 0 Å². The molecule has 1 fully saturated rings. The van der Waals surface area contributed by atoms with E-state index in [4.69, 9.17) is 10.3 Å². The molecule has 0 atom stereocenters. The Bertz CT molecular complexity index is 518. The van der Waals surface area contributed by atoms with Gasteiger partial charge in [0, 0.05) is 10.7 Å². The Morgan fingerprint density at radius 1 is 1.38 bits per heavy atom. The molecule has 1 aliphatic rings. The van der Waals surface area contributed by atoms with Crippen LogP contribution in [0.15, 0.2) is 27.3 Å². The van der Waals surface area contributed by atoms with Crippen LogP contribution >= 0.6 is 15.9 Å². The minimum absolute atomic E-state index is 0.388. The molecule has 82 valence electrons. The lowest BCUT2D eigenvalue weighted by Crippen LogP contribution is -2.18. The first-order valence-corrected chi connectivity index (χ1v) is 5.72. The predicted octanol–water partition coefficient (Wildman–Crippen LogP) is 1.84. The molecule has 16 heavy (non-hydrogen) atoms. The zero-order valence-electron chi connectivity index (χ0n) is 8.35. The van der Waals surface area contributed by atoms with Crippen molar-refractivity contribution in [3.05, 3.63) is 28.7 Å². The van der Waals surface area contributed by atoms with Crippen molar-refractivity contribution in [3.8, 4) is 11.5 Å². The maximum Gasteiger partial charge on any atom is 0.247 e. The number of hydrogen-bond donors (Lipinski definition) is 1. The monoisotopic (exact) mass is 280 g/mol. The Hall–Kier alpha value is -1.27. The largest absolute Gasteiger partial charge is 0.337 e. The van der Waals surface area contributed by atoms with Gasteiger partial charge < -0.3 is 10.3 Å². The number of rotatable bonds is 2. The Balaban J connectivity index is 1.95. The summed E-state index contributed by atoms with van der Waals surface area (Å²) in [6.07, 6.45) is 3.51. The number of nitrogens with zero attached hydrogens (tertiary/aromatic N) is 3. The second kappa shape index (κ2) is 3.36. The SMILES string of the molecule is NC1(c2nc(-c3ccc(Br)cn3)no2)CC1. The van der Waals surface area contributed by atoms with E-state index in [9.17, 15) is 0 Å². The van der Waals surface area contributed by atoms with Crippen LogP contribution in [-0.2, 0) is 5.54 Å². The van der Waals surface area contributed by atoms with E-state index in [1.165, 1.54) is 0 Å². The lowest BCUT2D eigenvalue weighted by atomic mass is 10.3. The molecule has 2 aromatic rings. The lowest BCUT2D eigenvalue weighted by molar-refractivity contribution is 0.348. The second-order valence-corrected chi connectivity index (χ2v) is 4.86. The van der Waals surface area contributed by atoms with E-state index >= 15 is 0 Å². The molecule has 0 radical (unpaired) electrons. The van der Waals surface area contributed by atoms with Gasteiger partial charge in [-0.15, -0.1) is 0 Å². The van der Waals surface area contributed by atoms with Crippen LogP contribution in [0.2, 0.25) is 0 Å². The lowest BCUT2D eigenvalue weighted by Gasteiger charge is -1.97. The molecule has 2 N–H and O–H groups in total. The van der Waals surface area contributed by atoms with E-state index in [-0.39, 0.29) is 5.54 Å². The summed E-state index contributed by atoms with van der Waals surface area (Å²) in [5.74, 6) is 0.992. The van der Waals surface area contributed by atoms with Gasteiger partial charge in [-0.1, -0.05) is 5.16 Å². The molecule has 0 aromatic carbocycles. The van der Waals surface area contributed by atoms with Gasteiger partial charge in [-0.3, -0.25) is 4.98 Å². The van der Waals surface area contributed by atoms with Crippen molar-refractivity contribution in [2.75, 3.05) is 0 Å². The number of pyridine rings is 1. The van der Waals surface area contributed by atoms with E-state index < -0.39 is 0 Å². The molecule has 1 saturated carbocycles. The predicted molar refractivity (Wildman–Crippen MR) is 60.3 cm³/mol. The van der Waals surface area contributed by atoms with Crippen LogP contribution in [0, 0.1) is 0 Å². The minimum Gasteiger partial charge on any atom is -0.337 e. The zero-order valence-corrected chi connectivity index (χ0v) is 9.94. The van der Waals surface area contributed by atoms with E-state index in [1.54, 1.807) is 6.20 Å². The first-order chi connectivity index (χ1) is 7.67. The quantitative estimate of drug-likeness (QED) is 0.908. The highest BCUT2D eigenvalue weighted by atomic mass is 79.9. The van der Waals surface area contributed by atoms with Gasteiger partial charge in [0.25, 0.3) is 0 Å². The van der Waals surface area contributed by atoms with E-state index in [0.29, 0.717) is 17.4 Å². The average Bonchev–Trinajstić information content (AvgIpc) is 2.84. The molecular formula is C10H9BrN4O. The number of nitrogens with two attached hydrogens (primary N) is 1. The highest BCUT2D eigenvalue weighted by molar-refractivity contribution is 9.10. The van der Waals surface area contributed by atoms with Gasteiger partial charge >= 0.3 is 0 Å². The van der Waals surface area contributed by atoms with Gasteiger partial charge in [0.1, 0.15) is 5.69 Å². The van der Waals surface area contributed by atoms with Gasteiger partial charge in [-0.05, 0) is 40.9 Å². The molecule has 6 heteroatoms. The van der Waals surface area contributed by atoms with E-state index in [1.807, 2.05) is 12.1 Å². The molecular weight excluding hydrogens is 272 g/mol. The molecule has 0 spiro atoms. The third-order valence-corrected chi connectivity index (χ3v) is 3.07. The van der Waals surface area contributed by atoms with Crippen LogP contribution in [0.25, 0.3) is 11.5 Å². The van der Waals surface area contributed by atoms with Gasteiger partial charge in [0.15, 0.2) is 0 Å². The standard InChI is InChI=1S/C10H9BrN4O/c11-6-1-2-7(13-5-6)8-14-9(16-15-8)10(12)3-4-10/h1-2,5H,3-4,12H2. The highest BCUT2D eigenvalue weighted by Gasteiger charge is 2.45. The maximum absolute atomic E-state index is 5.96. The molecule has 0 aliphatic heterocycles. The first kappa shape index (κ1) is 9.92. The Kier molecular flexibility index (Phi) is 2.08. The summed E-state index contributed by atoms with van der Waals surface area (Å²) in [6.45, 7) is 0. The van der Waals surface area contributed by atoms with Crippen LogP contribution in [0.1, 0.15) is 18.7 Å². The third kappa shape index (κ3) is 1.64. The van der Waals surface area contributed by atoms with Gasteiger partial charge in [-0.2, -0.15) is 4.98 Å². The molecule has 1 aliphatic carbocycles. The fourth-order valence-electron chi connectivity index (χ4n) is 1.39. The third-order valence-electron chi connectivity index (χ3n) is 2.60. The van der Waals surface area contributed by atoms with Crippen molar-refractivity contribution in [3.63, 3.8) is 0 Å². The molecule has 3 rings (SSSR count). The molecule has 0 bridgehead atoms. The summed E-state index contributed by atoms with van der Waals surface area (Å²) < 4.78 is 6.05. The number of aromatic nitrogens is 3. The van der Waals surface area contributed by atoms with Crippen LogP contribution < -0.4 is 5.73 Å². The molecule has 0 unspecified atom stereocenters. The van der Waals surface area contributed by atoms with Crippen molar-refractivity contribution in [1.82, 2.24) is 15.1 Å². The number of hydrogen-bond acceptors (Lipinski definition) is 5.